The van der Waals surface area contributed by atoms with Crippen LogP contribution < -0.4 is 21.1 Å². The molecule has 1 atom stereocenters. The summed E-state index contributed by atoms with van der Waals surface area (Å²) in [6.45, 7) is 2.67. The Kier molecular flexibility index (Phi) is 6.76. The SMILES string of the molecule is CCOc1ccc(CC(CNC(=O)Nc2ccncc2)C(N)=O)cc1. The first-order chi connectivity index (χ1) is 12.1. The molecule has 1 heterocycles. The van der Waals surface area contributed by atoms with Gasteiger partial charge >= 0.3 is 6.03 Å². The summed E-state index contributed by atoms with van der Waals surface area (Å²) < 4.78 is 5.39. The van der Waals surface area contributed by atoms with Crippen LogP contribution in [-0.4, -0.2) is 30.1 Å². The first-order valence-electron chi connectivity index (χ1n) is 8.04. The van der Waals surface area contributed by atoms with E-state index in [4.69, 9.17) is 10.5 Å². The van der Waals surface area contributed by atoms with E-state index < -0.39 is 17.9 Å². The lowest BCUT2D eigenvalue weighted by molar-refractivity contribution is -0.121. The predicted octanol–water partition coefficient (Wildman–Crippen LogP) is 1.95. The van der Waals surface area contributed by atoms with Gasteiger partial charge in [0, 0.05) is 24.6 Å². The number of hydrogen-bond acceptors (Lipinski definition) is 4. The van der Waals surface area contributed by atoms with E-state index in [0.29, 0.717) is 18.7 Å². The van der Waals surface area contributed by atoms with Crippen LogP contribution in [0.15, 0.2) is 48.8 Å². The maximum absolute atomic E-state index is 11.9. The molecule has 7 nitrogen and oxygen atoms in total. The summed E-state index contributed by atoms with van der Waals surface area (Å²) in [6, 6.07) is 10.4. The van der Waals surface area contributed by atoms with Gasteiger partial charge in [-0.1, -0.05) is 12.1 Å². The standard InChI is InChI=1S/C18H22N4O3/c1-2-25-16-5-3-13(4-6-16)11-14(17(19)23)12-21-18(24)22-15-7-9-20-10-8-15/h3-10,14H,2,11-12H2,1H3,(H2,19,23)(H2,20,21,22,24). The first-order valence-corrected chi connectivity index (χ1v) is 8.04. The Labute approximate surface area is 146 Å². The second kappa shape index (κ2) is 9.27. The molecule has 0 aliphatic carbocycles. The number of aromatic nitrogens is 1. The van der Waals surface area contributed by atoms with E-state index in [1.807, 2.05) is 31.2 Å². The van der Waals surface area contributed by atoms with E-state index in [0.717, 1.165) is 11.3 Å². The molecule has 0 fully saturated rings. The molecule has 0 spiro atoms. The van der Waals surface area contributed by atoms with Crippen LogP contribution in [0.4, 0.5) is 10.5 Å². The third-order valence-electron chi connectivity index (χ3n) is 3.57. The van der Waals surface area contributed by atoms with E-state index in [1.165, 1.54) is 0 Å². The Hall–Kier alpha value is -3.09. The van der Waals surface area contributed by atoms with Crippen molar-refractivity contribution in [1.82, 2.24) is 10.3 Å². The van der Waals surface area contributed by atoms with E-state index in [1.54, 1.807) is 24.5 Å². The predicted molar refractivity (Wildman–Crippen MR) is 95.3 cm³/mol. The lowest BCUT2D eigenvalue weighted by atomic mass is 9.98. The summed E-state index contributed by atoms with van der Waals surface area (Å²) in [5.41, 5.74) is 7.03. The Morgan fingerprint density at radius 3 is 2.44 bits per heavy atom. The number of carbonyl (C=O) groups excluding carboxylic acids is 2. The van der Waals surface area contributed by atoms with Gasteiger partial charge in [0.1, 0.15) is 5.75 Å². The maximum Gasteiger partial charge on any atom is 0.319 e. The molecule has 0 radical (unpaired) electrons. The molecule has 1 aromatic heterocycles. The second-order valence-electron chi connectivity index (χ2n) is 5.45. The zero-order valence-electron chi connectivity index (χ0n) is 14.1. The number of rotatable bonds is 8. The van der Waals surface area contributed by atoms with Crippen LogP contribution in [0.25, 0.3) is 0 Å². The summed E-state index contributed by atoms with van der Waals surface area (Å²) in [7, 11) is 0. The van der Waals surface area contributed by atoms with Crippen molar-refractivity contribution in [2.75, 3.05) is 18.5 Å². The summed E-state index contributed by atoms with van der Waals surface area (Å²) in [6.07, 6.45) is 3.60. The number of amides is 3. The van der Waals surface area contributed by atoms with Gasteiger partial charge in [0.25, 0.3) is 0 Å². The zero-order valence-corrected chi connectivity index (χ0v) is 14.1. The van der Waals surface area contributed by atoms with Gasteiger partial charge in [-0.05, 0) is 43.2 Å². The van der Waals surface area contributed by atoms with E-state index in [9.17, 15) is 9.59 Å². The lowest BCUT2D eigenvalue weighted by Gasteiger charge is -2.15. The van der Waals surface area contributed by atoms with Crippen molar-refractivity contribution in [2.24, 2.45) is 11.7 Å². The minimum Gasteiger partial charge on any atom is -0.494 e. The molecule has 0 aliphatic rings. The van der Waals surface area contributed by atoms with Crippen LogP contribution in [-0.2, 0) is 11.2 Å². The Morgan fingerprint density at radius 1 is 1.16 bits per heavy atom. The number of pyridine rings is 1. The van der Waals surface area contributed by atoms with E-state index >= 15 is 0 Å². The van der Waals surface area contributed by atoms with Crippen LogP contribution >= 0.6 is 0 Å². The first kappa shape index (κ1) is 18.3. The Morgan fingerprint density at radius 2 is 1.84 bits per heavy atom. The fourth-order valence-corrected chi connectivity index (χ4v) is 2.27. The molecular weight excluding hydrogens is 320 g/mol. The van der Waals surface area contributed by atoms with Crippen LogP contribution in [0, 0.1) is 5.92 Å². The smallest absolute Gasteiger partial charge is 0.319 e. The molecular formula is C18H22N4O3. The van der Waals surface area contributed by atoms with Gasteiger partial charge < -0.3 is 21.1 Å². The molecule has 25 heavy (non-hydrogen) atoms. The van der Waals surface area contributed by atoms with Gasteiger partial charge in [-0.2, -0.15) is 0 Å². The highest BCUT2D eigenvalue weighted by molar-refractivity contribution is 5.89. The van der Waals surface area contributed by atoms with Crippen molar-refractivity contribution in [3.8, 4) is 5.75 Å². The zero-order chi connectivity index (χ0) is 18.1. The molecule has 7 heteroatoms. The van der Waals surface area contributed by atoms with Crippen molar-refractivity contribution >= 4 is 17.6 Å². The lowest BCUT2D eigenvalue weighted by Crippen LogP contribution is -2.39. The number of hydrogen-bond donors (Lipinski definition) is 3. The summed E-state index contributed by atoms with van der Waals surface area (Å²) in [4.78, 5) is 27.4. The van der Waals surface area contributed by atoms with Gasteiger partial charge in [0.2, 0.25) is 5.91 Å². The number of anilines is 1. The highest BCUT2D eigenvalue weighted by Gasteiger charge is 2.17. The van der Waals surface area contributed by atoms with E-state index in [-0.39, 0.29) is 6.54 Å². The number of nitrogens with one attached hydrogen (secondary N) is 2. The average Bonchev–Trinajstić information content (AvgIpc) is 2.61. The molecule has 0 saturated heterocycles. The van der Waals surface area contributed by atoms with Crippen LogP contribution in [0.3, 0.4) is 0 Å². The van der Waals surface area contributed by atoms with Crippen molar-refractivity contribution in [2.45, 2.75) is 13.3 Å². The summed E-state index contributed by atoms with van der Waals surface area (Å²) >= 11 is 0. The molecule has 132 valence electrons. The van der Waals surface area contributed by atoms with Crippen molar-refractivity contribution in [3.63, 3.8) is 0 Å². The number of nitrogens with zero attached hydrogens (tertiary/aromatic N) is 1. The Bertz CT molecular complexity index is 689. The third kappa shape index (κ3) is 6.14. The Balaban J connectivity index is 1.87. The average molecular weight is 342 g/mol. The van der Waals surface area contributed by atoms with Crippen molar-refractivity contribution in [1.29, 1.82) is 0 Å². The van der Waals surface area contributed by atoms with Gasteiger partial charge in [0.15, 0.2) is 0 Å². The molecule has 0 aliphatic heterocycles. The molecule has 1 aromatic carbocycles. The molecule has 1 unspecified atom stereocenters. The van der Waals surface area contributed by atoms with Crippen LogP contribution in [0.5, 0.6) is 5.75 Å². The number of ether oxygens (including phenoxy) is 1. The van der Waals surface area contributed by atoms with Crippen molar-refractivity contribution < 1.29 is 14.3 Å². The molecule has 3 amide bonds. The molecule has 2 aromatic rings. The van der Waals surface area contributed by atoms with Crippen LogP contribution in [0.1, 0.15) is 12.5 Å². The monoisotopic (exact) mass is 342 g/mol. The fraction of sp³-hybridized carbons (Fsp3) is 0.278. The van der Waals surface area contributed by atoms with E-state index in [2.05, 4.69) is 15.6 Å². The van der Waals surface area contributed by atoms with Gasteiger partial charge in [-0.3, -0.25) is 9.78 Å². The second-order valence-corrected chi connectivity index (χ2v) is 5.45. The third-order valence-corrected chi connectivity index (χ3v) is 3.57. The van der Waals surface area contributed by atoms with Crippen molar-refractivity contribution in [3.05, 3.63) is 54.4 Å². The molecule has 0 saturated carbocycles. The summed E-state index contributed by atoms with van der Waals surface area (Å²) in [5.74, 6) is -0.184. The minimum absolute atomic E-state index is 0.152. The van der Waals surface area contributed by atoms with Crippen LogP contribution in [0.2, 0.25) is 0 Å². The minimum atomic E-state index is -0.499. The number of benzene rings is 1. The fourth-order valence-electron chi connectivity index (χ4n) is 2.27. The maximum atomic E-state index is 11.9. The number of primary amides is 1. The largest absolute Gasteiger partial charge is 0.494 e. The quantitative estimate of drug-likeness (QED) is 0.681. The molecule has 4 N–H and O–H groups in total. The number of carbonyl (C=O) groups is 2. The highest BCUT2D eigenvalue weighted by atomic mass is 16.5. The number of urea groups is 1. The normalized spacial score (nSPS) is 11.4. The topological polar surface area (TPSA) is 106 Å². The van der Waals surface area contributed by atoms with Gasteiger partial charge in [-0.25, -0.2) is 4.79 Å². The molecule has 2 rings (SSSR count). The molecule has 0 bridgehead atoms. The number of nitrogens with two attached hydrogens (primary N) is 1. The highest BCUT2D eigenvalue weighted by Crippen LogP contribution is 2.15. The van der Waals surface area contributed by atoms with Gasteiger partial charge in [-0.15, -0.1) is 0 Å². The summed E-state index contributed by atoms with van der Waals surface area (Å²) in [5, 5.41) is 5.33. The van der Waals surface area contributed by atoms with Gasteiger partial charge in [0.05, 0.1) is 12.5 Å².